The molecule has 1 atom stereocenters. The molecule has 0 bridgehead atoms. The molecule has 102 valence electrons. The number of esters is 1. The number of ether oxygens (including phenoxy) is 1. The van der Waals surface area contributed by atoms with Crippen molar-refractivity contribution in [3.63, 3.8) is 0 Å². The Balaban J connectivity index is 2.31. The molecule has 2 aromatic rings. The quantitative estimate of drug-likeness (QED) is 0.781. The molecule has 0 aliphatic heterocycles. The van der Waals surface area contributed by atoms with Gasteiger partial charge in [-0.2, -0.15) is 0 Å². The predicted molar refractivity (Wildman–Crippen MR) is 81.5 cm³/mol. The van der Waals surface area contributed by atoms with Gasteiger partial charge < -0.3 is 4.74 Å². The monoisotopic (exact) mass is 266 g/mol. The maximum atomic E-state index is 11.6. The second-order valence-corrected chi connectivity index (χ2v) is 4.71. The maximum absolute atomic E-state index is 11.6. The van der Waals surface area contributed by atoms with E-state index >= 15 is 0 Å². The van der Waals surface area contributed by atoms with Crippen molar-refractivity contribution in [3.8, 4) is 0 Å². The van der Waals surface area contributed by atoms with Crippen LogP contribution in [0.1, 0.15) is 29.5 Å². The van der Waals surface area contributed by atoms with E-state index in [0.29, 0.717) is 0 Å². The molecule has 2 aromatic carbocycles. The fourth-order valence-electron chi connectivity index (χ4n) is 2.11. The normalized spacial score (nSPS) is 11.7. The molecule has 0 aromatic heterocycles. The lowest BCUT2D eigenvalue weighted by molar-refractivity contribution is -0.141. The van der Waals surface area contributed by atoms with Crippen LogP contribution in [0.15, 0.2) is 61.2 Å². The van der Waals surface area contributed by atoms with Gasteiger partial charge in [0.1, 0.15) is 0 Å². The molecule has 0 N–H and O–H groups in total. The van der Waals surface area contributed by atoms with Gasteiger partial charge in [0.15, 0.2) is 0 Å². The molecule has 1 unspecified atom stereocenters. The number of carbonyl (C=O) groups excluding carboxylic acids is 1. The zero-order valence-electron chi connectivity index (χ0n) is 11.8. The van der Waals surface area contributed by atoms with Crippen molar-refractivity contribution in [1.29, 1.82) is 0 Å². The Kier molecular flexibility index (Phi) is 4.36. The molecule has 0 aliphatic rings. The van der Waals surface area contributed by atoms with Gasteiger partial charge in [-0.05, 0) is 29.2 Å². The zero-order valence-corrected chi connectivity index (χ0v) is 11.8. The first-order valence-corrected chi connectivity index (χ1v) is 6.56. The second-order valence-electron chi connectivity index (χ2n) is 4.71. The van der Waals surface area contributed by atoms with Crippen molar-refractivity contribution < 1.29 is 9.53 Å². The summed E-state index contributed by atoms with van der Waals surface area (Å²) in [4.78, 5) is 11.6. The molecule has 0 heterocycles. The van der Waals surface area contributed by atoms with Gasteiger partial charge in [-0.25, -0.2) is 0 Å². The van der Waals surface area contributed by atoms with Crippen molar-refractivity contribution in [1.82, 2.24) is 0 Å². The minimum atomic E-state index is -0.275. The summed E-state index contributed by atoms with van der Waals surface area (Å²) in [5.41, 5.74) is 3.98. The number of hydrogen-bond donors (Lipinski definition) is 0. The van der Waals surface area contributed by atoms with E-state index in [1.807, 2.05) is 61.5 Å². The minimum absolute atomic E-state index is 0.229. The number of rotatable bonds is 4. The summed E-state index contributed by atoms with van der Waals surface area (Å²) in [7, 11) is 1.41. The lowest BCUT2D eigenvalue weighted by Crippen LogP contribution is -2.10. The Labute approximate surface area is 119 Å². The van der Waals surface area contributed by atoms with E-state index in [-0.39, 0.29) is 11.9 Å². The summed E-state index contributed by atoms with van der Waals surface area (Å²) < 4.78 is 4.79. The number of carbonyl (C=O) groups is 1. The van der Waals surface area contributed by atoms with Gasteiger partial charge in [0, 0.05) is 0 Å². The van der Waals surface area contributed by atoms with Crippen molar-refractivity contribution >= 4 is 11.5 Å². The SMILES string of the molecule is C=C(c1ccccc1)c1cccc(C(C)C(=O)OC)c1. The maximum Gasteiger partial charge on any atom is 0.312 e. The minimum Gasteiger partial charge on any atom is -0.469 e. The number of methoxy groups -OCH3 is 1. The first-order valence-electron chi connectivity index (χ1n) is 6.56. The molecule has 0 spiro atoms. The third-order valence-electron chi connectivity index (χ3n) is 3.41. The van der Waals surface area contributed by atoms with E-state index in [4.69, 9.17) is 4.74 Å². The molecule has 0 aliphatic carbocycles. The van der Waals surface area contributed by atoms with E-state index < -0.39 is 0 Å². The second kappa shape index (κ2) is 6.20. The van der Waals surface area contributed by atoms with Crippen LogP contribution in [0.5, 0.6) is 0 Å². The van der Waals surface area contributed by atoms with Crippen molar-refractivity contribution in [2.75, 3.05) is 7.11 Å². The molecule has 0 amide bonds. The molecule has 0 radical (unpaired) electrons. The topological polar surface area (TPSA) is 26.3 Å². The van der Waals surface area contributed by atoms with Crippen LogP contribution in [-0.2, 0) is 9.53 Å². The molecular formula is C18H18O2. The Bertz CT molecular complexity index is 614. The van der Waals surface area contributed by atoms with E-state index in [9.17, 15) is 4.79 Å². The summed E-state index contributed by atoms with van der Waals surface area (Å²) in [6.07, 6.45) is 0. The number of benzene rings is 2. The Morgan fingerprint density at radius 2 is 1.70 bits per heavy atom. The summed E-state index contributed by atoms with van der Waals surface area (Å²) in [5, 5.41) is 0. The third-order valence-corrected chi connectivity index (χ3v) is 3.41. The van der Waals surface area contributed by atoms with Gasteiger partial charge in [-0.3, -0.25) is 4.79 Å². The van der Waals surface area contributed by atoms with E-state index in [1.54, 1.807) is 0 Å². The lowest BCUT2D eigenvalue weighted by atomic mass is 9.94. The van der Waals surface area contributed by atoms with Gasteiger partial charge in [0.2, 0.25) is 0 Å². The summed E-state index contributed by atoms with van der Waals surface area (Å²) in [6, 6.07) is 17.9. The molecule has 2 heteroatoms. The molecule has 0 saturated carbocycles. The molecule has 2 nitrogen and oxygen atoms in total. The fraction of sp³-hybridized carbons (Fsp3) is 0.167. The summed E-state index contributed by atoms with van der Waals surface area (Å²) in [6.45, 7) is 5.99. The van der Waals surface area contributed by atoms with Crippen LogP contribution in [0.3, 0.4) is 0 Å². The van der Waals surface area contributed by atoms with Crippen LogP contribution in [-0.4, -0.2) is 13.1 Å². The summed E-state index contributed by atoms with van der Waals surface area (Å²) in [5.74, 6) is -0.504. The first-order chi connectivity index (χ1) is 9.63. The third kappa shape index (κ3) is 2.97. The fourth-order valence-corrected chi connectivity index (χ4v) is 2.11. The van der Waals surface area contributed by atoms with Gasteiger partial charge in [0.05, 0.1) is 13.0 Å². The standard InChI is InChI=1S/C18H18O2/c1-13(15-8-5-4-6-9-15)16-10-7-11-17(12-16)14(2)18(19)20-3/h4-12,14H,1H2,2-3H3. The molecule has 0 fully saturated rings. The Morgan fingerprint density at radius 1 is 1.05 bits per heavy atom. The number of hydrogen-bond acceptors (Lipinski definition) is 2. The molecular weight excluding hydrogens is 248 g/mol. The molecule has 20 heavy (non-hydrogen) atoms. The van der Waals surface area contributed by atoms with E-state index in [1.165, 1.54) is 7.11 Å². The van der Waals surface area contributed by atoms with Crippen LogP contribution in [0.2, 0.25) is 0 Å². The Morgan fingerprint density at radius 3 is 2.35 bits per heavy atom. The van der Waals surface area contributed by atoms with Crippen LogP contribution < -0.4 is 0 Å². The summed E-state index contributed by atoms with van der Waals surface area (Å²) >= 11 is 0. The highest BCUT2D eigenvalue weighted by atomic mass is 16.5. The highest BCUT2D eigenvalue weighted by molar-refractivity contribution is 5.81. The van der Waals surface area contributed by atoms with Crippen LogP contribution in [0, 0.1) is 0 Å². The van der Waals surface area contributed by atoms with Crippen molar-refractivity contribution in [2.45, 2.75) is 12.8 Å². The predicted octanol–water partition coefficient (Wildman–Crippen LogP) is 4.02. The highest BCUT2D eigenvalue weighted by Crippen LogP contribution is 2.25. The molecule has 2 rings (SSSR count). The molecule has 0 saturated heterocycles. The van der Waals surface area contributed by atoms with Gasteiger partial charge in [0.25, 0.3) is 0 Å². The smallest absolute Gasteiger partial charge is 0.312 e. The average Bonchev–Trinajstić information content (AvgIpc) is 2.53. The van der Waals surface area contributed by atoms with Crippen molar-refractivity contribution in [3.05, 3.63) is 77.9 Å². The Hall–Kier alpha value is -2.35. The largest absolute Gasteiger partial charge is 0.469 e. The van der Waals surface area contributed by atoms with Crippen molar-refractivity contribution in [2.24, 2.45) is 0 Å². The lowest BCUT2D eigenvalue weighted by Gasteiger charge is -2.12. The van der Waals surface area contributed by atoms with Crippen LogP contribution >= 0.6 is 0 Å². The van der Waals surface area contributed by atoms with Crippen LogP contribution in [0.25, 0.3) is 5.57 Å². The highest BCUT2D eigenvalue weighted by Gasteiger charge is 2.16. The van der Waals surface area contributed by atoms with Gasteiger partial charge in [-0.1, -0.05) is 61.2 Å². The average molecular weight is 266 g/mol. The van der Waals surface area contributed by atoms with Gasteiger partial charge >= 0.3 is 5.97 Å². The van der Waals surface area contributed by atoms with Gasteiger partial charge in [-0.15, -0.1) is 0 Å². The van der Waals surface area contributed by atoms with E-state index in [0.717, 1.165) is 22.3 Å². The first kappa shape index (κ1) is 14.1. The van der Waals surface area contributed by atoms with Crippen LogP contribution in [0.4, 0.5) is 0 Å². The zero-order chi connectivity index (χ0) is 14.5. The van der Waals surface area contributed by atoms with E-state index in [2.05, 4.69) is 6.58 Å².